The summed E-state index contributed by atoms with van der Waals surface area (Å²) in [6, 6.07) is 15.5. The van der Waals surface area contributed by atoms with Gasteiger partial charge in [-0.1, -0.05) is 23.8 Å². The van der Waals surface area contributed by atoms with Crippen LogP contribution >= 0.6 is 0 Å². The van der Waals surface area contributed by atoms with Gasteiger partial charge in [0.2, 0.25) is 11.7 Å². The van der Waals surface area contributed by atoms with Gasteiger partial charge in [-0.15, -0.1) is 0 Å². The Morgan fingerprint density at radius 1 is 0.806 bits per heavy atom. The van der Waals surface area contributed by atoms with E-state index in [1.54, 1.807) is 48.5 Å². The van der Waals surface area contributed by atoms with Gasteiger partial charge in [-0.05, 0) is 73.9 Å². The fourth-order valence-corrected chi connectivity index (χ4v) is 5.28. The molecule has 0 saturated heterocycles. The van der Waals surface area contributed by atoms with Crippen LogP contribution in [0.15, 0.2) is 59.5 Å². The minimum atomic E-state index is -4.00. The fourth-order valence-electron chi connectivity index (χ4n) is 3.87. The molecule has 0 aliphatic carbocycles. The predicted octanol–water partition coefficient (Wildman–Crippen LogP) is 4.15. The van der Waals surface area contributed by atoms with E-state index in [9.17, 15) is 13.2 Å². The molecular weight excluding hydrogens is 480 g/mol. The molecule has 0 atom stereocenters. The number of benzene rings is 3. The van der Waals surface area contributed by atoms with Crippen LogP contribution in [0.3, 0.4) is 0 Å². The summed E-state index contributed by atoms with van der Waals surface area (Å²) < 4.78 is 44.4. The molecule has 0 heterocycles. The van der Waals surface area contributed by atoms with E-state index in [-0.39, 0.29) is 18.0 Å². The largest absolute Gasteiger partial charge is 0.493 e. The van der Waals surface area contributed by atoms with Gasteiger partial charge in [0.1, 0.15) is 6.54 Å². The molecular formula is C27H32N2O6S. The number of sulfonamides is 1. The maximum atomic E-state index is 13.6. The highest BCUT2D eigenvalue weighted by molar-refractivity contribution is 7.92. The minimum absolute atomic E-state index is 0.115. The number of carbonyl (C=O) groups excluding carboxylic acids is 1. The number of nitrogens with zero attached hydrogens (tertiary/aromatic N) is 1. The lowest BCUT2D eigenvalue weighted by atomic mass is 10.1. The highest BCUT2D eigenvalue weighted by Gasteiger charge is 2.27. The number of ether oxygens (including phenoxy) is 3. The van der Waals surface area contributed by atoms with Crippen LogP contribution in [0.5, 0.6) is 17.2 Å². The average molecular weight is 513 g/mol. The zero-order chi connectivity index (χ0) is 26.5. The second kappa shape index (κ2) is 11.3. The number of aryl methyl sites for hydroxylation is 3. The first kappa shape index (κ1) is 26.9. The first-order chi connectivity index (χ1) is 17.1. The molecule has 0 aromatic heterocycles. The molecule has 3 rings (SSSR count). The lowest BCUT2D eigenvalue weighted by Gasteiger charge is -2.25. The third kappa shape index (κ3) is 6.09. The van der Waals surface area contributed by atoms with E-state index in [0.29, 0.717) is 28.5 Å². The fraction of sp³-hybridized carbons (Fsp3) is 0.296. The van der Waals surface area contributed by atoms with E-state index in [1.165, 1.54) is 21.3 Å². The topological polar surface area (TPSA) is 94.2 Å². The van der Waals surface area contributed by atoms with E-state index in [0.717, 1.165) is 21.0 Å². The normalized spacial score (nSPS) is 11.1. The van der Waals surface area contributed by atoms with Crippen molar-refractivity contribution in [2.75, 3.05) is 32.2 Å². The first-order valence-corrected chi connectivity index (χ1v) is 12.8. The van der Waals surface area contributed by atoms with Gasteiger partial charge in [0.15, 0.2) is 11.5 Å². The summed E-state index contributed by atoms with van der Waals surface area (Å²) in [6.07, 6.45) is 0. The molecule has 36 heavy (non-hydrogen) atoms. The van der Waals surface area contributed by atoms with Gasteiger partial charge >= 0.3 is 0 Å². The van der Waals surface area contributed by atoms with Crippen molar-refractivity contribution in [3.8, 4) is 17.2 Å². The van der Waals surface area contributed by atoms with Crippen molar-refractivity contribution in [2.24, 2.45) is 0 Å². The Kier molecular flexibility index (Phi) is 8.47. The molecule has 0 spiro atoms. The third-order valence-corrected chi connectivity index (χ3v) is 7.39. The van der Waals surface area contributed by atoms with Gasteiger partial charge in [-0.3, -0.25) is 9.10 Å². The number of carbonyl (C=O) groups is 1. The Hall–Kier alpha value is -3.72. The van der Waals surface area contributed by atoms with Crippen LogP contribution in [-0.2, 0) is 21.4 Å². The van der Waals surface area contributed by atoms with Crippen LogP contribution in [0.25, 0.3) is 0 Å². The molecule has 1 N–H and O–H groups in total. The molecule has 192 valence electrons. The van der Waals surface area contributed by atoms with Gasteiger partial charge in [0, 0.05) is 6.54 Å². The van der Waals surface area contributed by atoms with E-state index in [4.69, 9.17) is 14.2 Å². The van der Waals surface area contributed by atoms with Crippen molar-refractivity contribution < 1.29 is 27.4 Å². The Morgan fingerprint density at radius 3 is 1.86 bits per heavy atom. The monoisotopic (exact) mass is 512 g/mol. The summed E-state index contributed by atoms with van der Waals surface area (Å²) in [7, 11) is 0.537. The molecule has 0 unspecified atom stereocenters. The Bertz CT molecular complexity index is 1290. The van der Waals surface area contributed by atoms with Crippen LogP contribution in [0.2, 0.25) is 0 Å². The Labute approximate surface area is 212 Å². The van der Waals surface area contributed by atoms with E-state index >= 15 is 0 Å². The quantitative estimate of drug-likeness (QED) is 0.439. The van der Waals surface area contributed by atoms with Crippen molar-refractivity contribution in [2.45, 2.75) is 32.2 Å². The molecule has 0 fully saturated rings. The van der Waals surface area contributed by atoms with Crippen molar-refractivity contribution in [1.29, 1.82) is 0 Å². The van der Waals surface area contributed by atoms with Crippen molar-refractivity contribution in [1.82, 2.24) is 5.32 Å². The van der Waals surface area contributed by atoms with Gasteiger partial charge in [-0.25, -0.2) is 8.42 Å². The van der Waals surface area contributed by atoms with Gasteiger partial charge in [0.25, 0.3) is 10.0 Å². The third-order valence-electron chi connectivity index (χ3n) is 5.60. The highest BCUT2D eigenvalue weighted by Crippen LogP contribution is 2.38. The number of methoxy groups -OCH3 is 3. The smallest absolute Gasteiger partial charge is 0.264 e. The second-order valence-corrected chi connectivity index (χ2v) is 10.3. The van der Waals surface area contributed by atoms with Crippen LogP contribution in [0, 0.1) is 20.8 Å². The Morgan fingerprint density at radius 2 is 1.36 bits per heavy atom. The number of nitrogens with one attached hydrogen (secondary N) is 1. The van der Waals surface area contributed by atoms with Crippen LogP contribution in [0.1, 0.15) is 22.3 Å². The zero-order valence-electron chi connectivity index (χ0n) is 21.4. The summed E-state index contributed by atoms with van der Waals surface area (Å²) in [5.41, 5.74) is 3.86. The number of anilines is 1. The molecule has 3 aromatic carbocycles. The van der Waals surface area contributed by atoms with Gasteiger partial charge in [0.05, 0.1) is 31.9 Å². The second-order valence-electron chi connectivity index (χ2n) is 8.48. The van der Waals surface area contributed by atoms with Crippen molar-refractivity contribution in [3.05, 3.63) is 76.9 Å². The molecule has 1 amide bonds. The average Bonchev–Trinajstić information content (AvgIpc) is 2.84. The van der Waals surface area contributed by atoms with Crippen LogP contribution < -0.4 is 23.8 Å². The lowest BCUT2D eigenvalue weighted by molar-refractivity contribution is -0.119. The molecule has 8 nitrogen and oxygen atoms in total. The standard InChI is InChI=1S/C27H32N2O6S/c1-18-7-9-23(10-8-18)36(31,32)29(22-12-19(2)11-20(3)13-22)17-26(30)28-16-21-14-24(33-4)27(35-6)25(15-21)34-5/h7-15H,16-17H2,1-6H3,(H,28,30). The molecule has 3 aromatic rings. The summed E-state index contributed by atoms with van der Waals surface area (Å²) in [5.74, 6) is 0.902. The molecule has 0 radical (unpaired) electrons. The van der Waals surface area contributed by atoms with E-state index in [1.807, 2.05) is 26.8 Å². The maximum absolute atomic E-state index is 13.6. The first-order valence-electron chi connectivity index (χ1n) is 11.3. The van der Waals surface area contributed by atoms with Gasteiger partial charge in [-0.2, -0.15) is 0 Å². The lowest BCUT2D eigenvalue weighted by Crippen LogP contribution is -2.40. The Balaban J connectivity index is 1.89. The van der Waals surface area contributed by atoms with Crippen LogP contribution in [0.4, 0.5) is 5.69 Å². The molecule has 0 aliphatic rings. The predicted molar refractivity (Wildman–Crippen MR) is 140 cm³/mol. The number of hydrogen-bond acceptors (Lipinski definition) is 6. The molecule has 0 bridgehead atoms. The summed E-state index contributed by atoms with van der Waals surface area (Å²) in [4.78, 5) is 13.1. The SMILES string of the molecule is COc1cc(CNC(=O)CN(c2cc(C)cc(C)c2)S(=O)(=O)c2ccc(C)cc2)cc(OC)c1OC. The summed E-state index contributed by atoms with van der Waals surface area (Å²) in [6.45, 7) is 5.41. The number of amides is 1. The summed E-state index contributed by atoms with van der Waals surface area (Å²) >= 11 is 0. The molecule has 0 saturated carbocycles. The van der Waals surface area contributed by atoms with Gasteiger partial charge < -0.3 is 19.5 Å². The summed E-state index contributed by atoms with van der Waals surface area (Å²) in [5, 5.41) is 2.80. The van der Waals surface area contributed by atoms with E-state index < -0.39 is 15.9 Å². The van der Waals surface area contributed by atoms with E-state index in [2.05, 4.69) is 5.32 Å². The van der Waals surface area contributed by atoms with Crippen LogP contribution in [-0.4, -0.2) is 42.2 Å². The maximum Gasteiger partial charge on any atom is 0.264 e. The molecule has 9 heteroatoms. The number of rotatable bonds is 10. The van der Waals surface area contributed by atoms with Crippen molar-refractivity contribution >= 4 is 21.6 Å². The van der Waals surface area contributed by atoms with Crippen molar-refractivity contribution in [3.63, 3.8) is 0 Å². The number of hydrogen-bond donors (Lipinski definition) is 1. The highest BCUT2D eigenvalue weighted by atomic mass is 32.2. The molecule has 0 aliphatic heterocycles. The minimum Gasteiger partial charge on any atom is -0.493 e. The zero-order valence-corrected chi connectivity index (χ0v) is 22.2.